The van der Waals surface area contributed by atoms with Crippen LogP contribution in [-0.4, -0.2) is 135 Å². The Labute approximate surface area is 284 Å². The normalized spacial score (nSPS) is 32.2. The average Bonchev–Trinajstić information content (AvgIpc) is 3.05. The Balaban J connectivity index is 1.18. The van der Waals surface area contributed by atoms with Crippen LogP contribution in [0.1, 0.15) is 97.8 Å². The maximum Gasteiger partial charge on any atom is 0.192 e. The lowest BCUT2D eigenvalue weighted by Crippen LogP contribution is -2.70. The third kappa shape index (κ3) is 7.55. The molecule has 12 heteroatoms. The van der Waals surface area contributed by atoms with E-state index >= 15 is 0 Å². The van der Waals surface area contributed by atoms with Gasteiger partial charge in [0.05, 0.1) is 28.3 Å². The third-order valence-corrected chi connectivity index (χ3v) is 18.1. The van der Waals surface area contributed by atoms with Crippen LogP contribution in [0.5, 0.6) is 0 Å². The monoisotopic (exact) mass is 682 g/mol. The summed E-state index contributed by atoms with van der Waals surface area (Å²) >= 11 is 0. The van der Waals surface area contributed by atoms with E-state index in [-0.39, 0.29) is 45.4 Å². The van der Waals surface area contributed by atoms with E-state index in [0.29, 0.717) is 52.9 Å². The van der Waals surface area contributed by atoms with E-state index in [1.54, 1.807) is 10.1 Å². The van der Waals surface area contributed by atoms with Crippen molar-refractivity contribution < 1.29 is 33.8 Å². The van der Waals surface area contributed by atoms with Crippen molar-refractivity contribution in [2.75, 3.05) is 65.9 Å². The van der Waals surface area contributed by atoms with Crippen molar-refractivity contribution in [3.63, 3.8) is 0 Å². The molecule has 6 heterocycles. The van der Waals surface area contributed by atoms with Crippen LogP contribution >= 0.6 is 0 Å². The molecule has 6 aliphatic heterocycles. The molecule has 0 amide bonds. The lowest BCUT2D eigenvalue weighted by molar-refractivity contribution is -0.295. The zero-order chi connectivity index (χ0) is 33.4. The van der Waals surface area contributed by atoms with Crippen LogP contribution in [0.25, 0.3) is 0 Å². The van der Waals surface area contributed by atoms with Gasteiger partial charge in [0.25, 0.3) is 0 Å². The number of ether oxygens (including phenoxy) is 4. The van der Waals surface area contributed by atoms with Gasteiger partial charge < -0.3 is 44.4 Å². The summed E-state index contributed by atoms with van der Waals surface area (Å²) < 4.78 is 30.3. The van der Waals surface area contributed by atoms with Gasteiger partial charge in [-0.05, 0) is 95.2 Å². The van der Waals surface area contributed by atoms with Crippen molar-refractivity contribution in [2.45, 2.75) is 156 Å². The summed E-state index contributed by atoms with van der Waals surface area (Å²) in [6.07, 6.45) is 10.6. The standard InChI is InChI=1S/C35H66N4O7Si/c1-31(2,3)47(4,5)46-30(26-36-28-22-32(6-14-42-15-7-32)38(40)33(23-28)8-16-43-17-9-33)27-37-29-24-34(10-18-44-19-11-34)39(41)35(25-29)12-20-45-21-13-35/h28-30,36-37,40-41H,6-27H2,1-5H3. The zero-order valence-corrected chi connectivity index (χ0v) is 31.1. The Morgan fingerprint density at radius 1 is 0.617 bits per heavy atom. The molecule has 6 rings (SSSR count). The van der Waals surface area contributed by atoms with Crippen LogP contribution in [0.3, 0.4) is 0 Å². The molecule has 0 saturated carbocycles. The summed E-state index contributed by atoms with van der Waals surface area (Å²) in [5, 5.41) is 35.3. The maximum absolute atomic E-state index is 11.8. The predicted octanol–water partition coefficient (Wildman–Crippen LogP) is 4.46. The fraction of sp³-hybridized carbons (Fsp3) is 1.00. The van der Waals surface area contributed by atoms with E-state index < -0.39 is 8.32 Å². The molecule has 0 aromatic heterocycles. The number of hydrogen-bond donors (Lipinski definition) is 4. The second kappa shape index (κ2) is 14.4. The van der Waals surface area contributed by atoms with Gasteiger partial charge in [-0.3, -0.25) is 0 Å². The van der Waals surface area contributed by atoms with Crippen LogP contribution in [-0.2, 0) is 23.4 Å². The molecule has 6 fully saturated rings. The van der Waals surface area contributed by atoms with Crippen molar-refractivity contribution in [1.82, 2.24) is 20.8 Å². The minimum Gasteiger partial charge on any atom is -0.411 e. The van der Waals surface area contributed by atoms with Crippen molar-refractivity contribution in [3.05, 3.63) is 0 Å². The Morgan fingerprint density at radius 2 is 0.894 bits per heavy atom. The van der Waals surface area contributed by atoms with Crippen molar-refractivity contribution in [1.29, 1.82) is 0 Å². The highest BCUT2D eigenvalue weighted by Crippen LogP contribution is 2.48. The van der Waals surface area contributed by atoms with E-state index in [9.17, 15) is 10.4 Å². The van der Waals surface area contributed by atoms with Gasteiger partial charge >= 0.3 is 0 Å². The van der Waals surface area contributed by atoms with E-state index in [4.69, 9.17) is 23.4 Å². The maximum atomic E-state index is 11.8. The summed E-state index contributed by atoms with van der Waals surface area (Å²) in [5.41, 5.74) is -1.02. The molecule has 4 N–H and O–H groups in total. The first kappa shape index (κ1) is 36.6. The lowest BCUT2D eigenvalue weighted by atomic mass is 9.69. The Kier molecular flexibility index (Phi) is 11.2. The molecule has 0 atom stereocenters. The van der Waals surface area contributed by atoms with E-state index in [1.807, 2.05) is 0 Å². The molecule has 0 radical (unpaired) electrons. The molecule has 0 aromatic rings. The second-order valence-corrected chi connectivity index (χ2v) is 22.3. The first-order valence-corrected chi connectivity index (χ1v) is 21.7. The number of rotatable bonds is 8. The van der Waals surface area contributed by atoms with Crippen molar-refractivity contribution in [3.8, 4) is 0 Å². The van der Waals surface area contributed by atoms with E-state index in [1.165, 1.54) is 0 Å². The van der Waals surface area contributed by atoms with Gasteiger partial charge in [0.15, 0.2) is 8.32 Å². The molecule has 0 unspecified atom stereocenters. The SMILES string of the molecule is CC(C)(C)[Si](C)(C)OC(CNC1CC2(CCOCC2)N(O)C2(CCOCC2)C1)CNC1CC2(CCOCC2)N(O)C2(CCOCC2)C1. The Bertz CT molecular complexity index is 898. The van der Waals surface area contributed by atoms with Crippen LogP contribution < -0.4 is 10.6 Å². The molecule has 6 saturated heterocycles. The van der Waals surface area contributed by atoms with Gasteiger partial charge in [0.1, 0.15) is 0 Å². The molecule has 6 aliphatic rings. The quantitative estimate of drug-likeness (QED) is 0.272. The van der Waals surface area contributed by atoms with Gasteiger partial charge in [0, 0.05) is 78.0 Å². The molecule has 0 aliphatic carbocycles. The van der Waals surface area contributed by atoms with Gasteiger partial charge in [-0.25, -0.2) is 0 Å². The highest BCUT2D eigenvalue weighted by Gasteiger charge is 2.57. The highest BCUT2D eigenvalue weighted by atomic mass is 28.4. The number of hydrogen-bond acceptors (Lipinski definition) is 11. The molecule has 47 heavy (non-hydrogen) atoms. The number of hydroxylamine groups is 4. The Morgan fingerprint density at radius 3 is 1.15 bits per heavy atom. The summed E-state index contributed by atoms with van der Waals surface area (Å²) in [4.78, 5) is 0. The van der Waals surface area contributed by atoms with Crippen molar-refractivity contribution in [2.24, 2.45) is 0 Å². The van der Waals surface area contributed by atoms with Crippen LogP contribution in [0.2, 0.25) is 18.1 Å². The minimum absolute atomic E-state index is 0.0164. The summed E-state index contributed by atoms with van der Waals surface area (Å²) in [7, 11) is -2.06. The van der Waals surface area contributed by atoms with Gasteiger partial charge in [-0.15, -0.1) is 0 Å². The number of nitrogens with one attached hydrogen (secondary N) is 2. The minimum atomic E-state index is -2.06. The van der Waals surface area contributed by atoms with Gasteiger partial charge in [0.2, 0.25) is 0 Å². The van der Waals surface area contributed by atoms with Crippen LogP contribution in [0, 0.1) is 0 Å². The van der Waals surface area contributed by atoms with Crippen LogP contribution in [0.15, 0.2) is 0 Å². The fourth-order valence-corrected chi connectivity index (χ4v) is 11.0. The van der Waals surface area contributed by atoms with Gasteiger partial charge in [-0.1, -0.05) is 20.8 Å². The first-order chi connectivity index (χ1) is 22.3. The number of piperidine rings is 2. The largest absolute Gasteiger partial charge is 0.411 e. The van der Waals surface area contributed by atoms with Gasteiger partial charge in [-0.2, -0.15) is 10.1 Å². The van der Waals surface area contributed by atoms with Crippen molar-refractivity contribution >= 4 is 8.32 Å². The third-order valence-electron chi connectivity index (χ3n) is 13.5. The topological polar surface area (TPSA) is 117 Å². The first-order valence-electron chi connectivity index (χ1n) is 18.8. The number of nitrogens with zero attached hydrogens (tertiary/aromatic N) is 2. The highest BCUT2D eigenvalue weighted by molar-refractivity contribution is 6.74. The summed E-state index contributed by atoms with van der Waals surface area (Å²) in [6.45, 7) is 18.8. The second-order valence-electron chi connectivity index (χ2n) is 17.5. The predicted molar refractivity (Wildman–Crippen MR) is 183 cm³/mol. The van der Waals surface area contributed by atoms with E-state index in [2.05, 4.69) is 44.5 Å². The Hall–Kier alpha value is -0.223. The molecular formula is C35H66N4O7Si. The smallest absolute Gasteiger partial charge is 0.192 e. The molecule has 0 aromatic carbocycles. The fourth-order valence-electron chi connectivity index (χ4n) is 9.63. The summed E-state index contributed by atoms with van der Waals surface area (Å²) in [6, 6.07) is 0.572. The van der Waals surface area contributed by atoms with E-state index in [0.717, 1.165) is 90.1 Å². The molecule has 0 bridgehead atoms. The molecule has 4 spiro atoms. The average molecular weight is 683 g/mol. The summed E-state index contributed by atoms with van der Waals surface area (Å²) in [5.74, 6) is 0. The zero-order valence-electron chi connectivity index (χ0n) is 30.1. The molecular weight excluding hydrogens is 616 g/mol. The lowest BCUT2D eigenvalue weighted by Gasteiger charge is -2.59. The van der Waals surface area contributed by atoms with Crippen LogP contribution in [0.4, 0.5) is 0 Å². The molecule has 11 nitrogen and oxygen atoms in total. The molecule has 272 valence electrons.